The van der Waals surface area contributed by atoms with Crippen molar-refractivity contribution in [3.05, 3.63) is 83.7 Å². The van der Waals surface area contributed by atoms with E-state index in [2.05, 4.69) is 31.8 Å². The number of aliphatic carboxylic acids is 1. The molecular formula is C28H24F6N6O3S. The molecule has 0 saturated carbocycles. The minimum Gasteiger partial charge on any atom is -0.475 e. The molecule has 0 fully saturated rings. The number of imidazole rings is 1. The van der Waals surface area contributed by atoms with E-state index in [-0.39, 0.29) is 5.91 Å². The van der Waals surface area contributed by atoms with Crippen LogP contribution in [0.15, 0.2) is 66.9 Å². The average molecular weight is 639 g/mol. The zero-order valence-electron chi connectivity index (χ0n) is 22.8. The molecule has 0 unspecified atom stereocenters. The molecular weight excluding hydrogens is 614 g/mol. The smallest absolute Gasteiger partial charge is 0.475 e. The van der Waals surface area contributed by atoms with Crippen molar-refractivity contribution in [1.82, 2.24) is 30.4 Å². The van der Waals surface area contributed by atoms with Crippen molar-refractivity contribution in [2.24, 2.45) is 7.05 Å². The Morgan fingerprint density at radius 2 is 1.70 bits per heavy atom. The van der Waals surface area contributed by atoms with Crippen LogP contribution in [0.3, 0.4) is 0 Å². The second kappa shape index (κ2) is 13.3. The molecule has 9 nitrogen and oxygen atoms in total. The monoisotopic (exact) mass is 638 g/mol. The first kappa shape index (κ1) is 32.2. The van der Waals surface area contributed by atoms with E-state index >= 15 is 0 Å². The van der Waals surface area contributed by atoms with Crippen LogP contribution in [0.5, 0.6) is 0 Å². The molecule has 3 aromatic heterocycles. The van der Waals surface area contributed by atoms with E-state index in [4.69, 9.17) is 9.90 Å². The molecule has 4 N–H and O–H groups in total. The summed E-state index contributed by atoms with van der Waals surface area (Å²) in [5.41, 5.74) is 2.77. The van der Waals surface area contributed by atoms with Crippen molar-refractivity contribution < 1.29 is 41.0 Å². The first-order valence-electron chi connectivity index (χ1n) is 12.8. The molecule has 5 rings (SSSR count). The van der Waals surface area contributed by atoms with Crippen LogP contribution in [0.4, 0.5) is 26.3 Å². The number of carbonyl (C=O) groups is 2. The molecule has 5 aromatic rings. The number of nitrogens with zero attached hydrogens (tertiary/aromatic N) is 3. The van der Waals surface area contributed by atoms with Crippen molar-refractivity contribution >= 4 is 34.2 Å². The molecule has 0 aliphatic rings. The predicted octanol–water partition coefficient (Wildman–Crippen LogP) is 5.86. The Balaban J connectivity index is 0.000000566. The number of aromatic amines is 1. The number of thiophene rings is 1. The molecule has 1 amide bonds. The molecule has 44 heavy (non-hydrogen) atoms. The number of aromatic nitrogens is 4. The van der Waals surface area contributed by atoms with Crippen molar-refractivity contribution in [2.45, 2.75) is 18.9 Å². The van der Waals surface area contributed by atoms with Gasteiger partial charge in [-0.05, 0) is 53.6 Å². The highest BCUT2D eigenvalue weighted by Crippen LogP contribution is 2.36. The lowest BCUT2D eigenvalue weighted by Crippen LogP contribution is -2.32. The third kappa shape index (κ3) is 8.23. The third-order valence-corrected chi connectivity index (χ3v) is 7.21. The first-order valence-corrected chi connectivity index (χ1v) is 13.6. The van der Waals surface area contributed by atoms with Gasteiger partial charge in [-0.25, -0.2) is 9.78 Å². The number of carboxylic acids is 1. The van der Waals surface area contributed by atoms with E-state index in [0.717, 1.165) is 33.0 Å². The van der Waals surface area contributed by atoms with Gasteiger partial charge >= 0.3 is 18.3 Å². The summed E-state index contributed by atoms with van der Waals surface area (Å²) in [6.45, 7) is 1.73. The van der Waals surface area contributed by atoms with Gasteiger partial charge in [0, 0.05) is 37.8 Å². The summed E-state index contributed by atoms with van der Waals surface area (Å²) in [7, 11) is 1.72. The van der Waals surface area contributed by atoms with Crippen molar-refractivity contribution in [3.63, 3.8) is 0 Å². The first-order chi connectivity index (χ1) is 20.7. The molecule has 0 bridgehead atoms. The van der Waals surface area contributed by atoms with Crippen LogP contribution >= 0.6 is 11.3 Å². The number of alkyl halides is 6. The Hall–Kier alpha value is -4.70. The van der Waals surface area contributed by atoms with Crippen LogP contribution < -0.4 is 10.6 Å². The standard InChI is InChI=1S/C26H23F3N6OS.C2HF3O2/c1-35-21(9-10-32-35)25(36)31-12-11-30-15-16-3-2-4-17(13-16)22-7-8-23(37-22)24-33-19-6-5-18(26(27,28)29)14-20(19)34-24;3-2(4,5)1(6)7/h2-10,13-14,30H,11-12,15H2,1H3,(H,31,36)(H,33,34);(H,6,7). The van der Waals surface area contributed by atoms with Crippen LogP contribution in [-0.4, -0.2) is 56.0 Å². The zero-order valence-corrected chi connectivity index (χ0v) is 23.6. The number of aryl methyl sites for hydroxylation is 1. The molecule has 2 aromatic carbocycles. The maximum atomic E-state index is 13.0. The molecule has 0 aliphatic heterocycles. The maximum absolute atomic E-state index is 13.0. The highest BCUT2D eigenvalue weighted by molar-refractivity contribution is 7.18. The minimum atomic E-state index is -5.08. The summed E-state index contributed by atoms with van der Waals surface area (Å²) < 4.78 is 72.3. The van der Waals surface area contributed by atoms with Gasteiger partial charge in [-0.2, -0.15) is 31.4 Å². The van der Waals surface area contributed by atoms with Gasteiger partial charge in [-0.1, -0.05) is 18.2 Å². The second-order valence-corrected chi connectivity index (χ2v) is 10.3. The highest BCUT2D eigenvalue weighted by Gasteiger charge is 2.38. The van der Waals surface area contributed by atoms with Gasteiger partial charge < -0.3 is 20.7 Å². The number of rotatable bonds is 8. The van der Waals surface area contributed by atoms with E-state index in [0.29, 0.717) is 42.2 Å². The number of halogens is 6. The van der Waals surface area contributed by atoms with Gasteiger partial charge in [0.25, 0.3) is 5.91 Å². The molecule has 0 saturated heterocycles. The predicted molar refractivity (Wildman–Crippen MR) is 151 cm³/mol. The summed E-state index contributed by atoms with van der Waals surface area (Å²) in [6, 6.07) is 17.2. The van der Waals surface area contributed by atoms with Crippen LogP contribution in [0.2, 0.25) is 0 Å². The third-order valence-electron chi connectivity index (χ3n) is 6.07. The quantitative estimate of drug-likeness (QED) is 0.125. The second-order valence-electron chi connectivity index (χ2n) is 9.26. The summed E-state index contributed by atoms with van der Waals surface area (Å²) in [5.74, 6) is -2.38. The normalized spacial score (nSPS) is 11.7. The van der Waals surface area contributed by atoms with E-state index in [1.54, 1.807) is 19.3 Å². The highest BCUT2D eigenvalue weighted by atomic mass is 32.1. The van der Waals surface area contributed by atoms with Gasteiger partial charge in [0.1, 0.15) is 11.5 Å². The van der Waals surface area contributed by atoms with Crippen molar-refractivity contribution in [2.75, 3.05) is 13.1 Å². The number of carbonyl (C=O) groups excluding carboxylic acids is 1. The SMILES string of the molecule is Cn1nccc1C(=O)NCCNCc1cccc(-c2ccc(-c3nc4ccc(C(F)(F)F)cc4[nH]3)s2)c1.O=C(O)C(F)(F)F. The van der Waals surface area contributed by atoms with Gasteiger partial charge in [0.2, 0.25) is 0 Å². The minimum absolute atomic E-state index is 0.164. The Morgan fingerprint density at radius 3 is 2.36 bits per heavy atom. The van der Waals surface area contributed by atoms with Crippen LogP contribution in [0.25, 0.3) is 32.2 Å². The number of nitrogens with one attached hydrogen (secondary N) is 3. The number of hydrogen-bond donors (Lipinski definition) is 4. The fraction of sp³-hybridized carbons (Fsp3) is 0.214. The van der Waals surface area contributed by atoms with Crippen LogP contribution in [0.1, 0.15) is 21.6 Å². The molecule has 0 radical (unpaired) electrons. The van der Waals surface area contributed by atoms with Crippen LogP contribution in [-0.2, 0) is 24.6 Å². The van der Waals surface area contributed by atoms with Crippen LogP contribution in [0, 0.1) is 0 Å². The van der Waals surface area contributed by atoms with Gasteiger partial charge in [0.05, 0.1) is 21.5 Å². The molecule has 0 aliphatic carbocycles. The molecule has 0 atom stereocenters. The Labute approximate surface area is 249 Å². The van der Waals surface area contributed by atoms with Gasteiger partial charge in [-0.3, -0.25) is 9.48 Å². The zero-order chi connectivity index (χ0) is 32.1. The summed E-state index contributed by atoms with van der Waals surface area (Å²) in [5, 5.41) is 17.3. The number of H-pyrrole nitrogens is 1. The summed E-state index contributed by atoms with van der Waals surface area (Å²) >= 11 is 1.52. The number of hydrogen-bond acceptors (Lipinski definition) is 6. The maximum Gasteiger partial charge on any atom is 0.490 e. The van der Waals surface area contributed by atoms with Crippen molar-refractivity contribution in [1.29, 1.82) is 0 Å². The van der Waals surface area contributed by atoms with Gasteiger partial charge in [-0.15, -0.1) is 11.3 Å². The topological polar surface area (TPSA) is 125 Å². The molecule has 232 valence electrons. The Kier molecular flexibility index (Phi) is 9.74. The van der Waals surface area contributed by atoms with E-state index in [1.165, 1.54) is 22.1 Å². The Bertz CT molecular complexity index is 1760. The molecule has 3 heterocycles. The van der Waals surface area contributed by atoms with Gasteiger partial charge in [0.15, 0.2) is 0 Å². The molecule has 0 spiro atoms. The lowest BCUT2D eigenvalue weighted by Gasteiger charge is -2.08. The van der Waals surface area contributed by atoms with Crippen molar-refractivity contribution in [3.8, 4) is 21.1 Å². The number of amides is 1. The number of carboxylic acid groups (broad SMARTS) is 1. The lowest BCUT2D eigenvalue weighted by atomic mass is 10.1. The average Bonchev–Trinajstić information content (AvgIpc) is 3.71. The Morgan fingerprint density at radius 1 is 0.977 bits per heavy atom. The fourth-order valence-electron chi connectivity index (χ4n) is 3.94. The number of fused-ring (bicyclic) bond motifs is 1. The van der Waals surface area contributed by atoms with E-state index in [9.17, 15) is 31.1 Å². The summed E-state index contributed by atoms with van der Waals surface area (Å²) in [6.07, 6.45) is -7.90. The number of benzene rings is 2. The van der Waals surface area contributed by atoms with E-state index in [1.807, 2.05) is 30.3 Å². The van der Waals surface area contributed by atoms with E-state index < -0.39 is 23.9 Å². The summed E-state index contributed by atoms with van der Waals surface area (Å²) in [4.78, 5) is 30.4. The fourth-order valence-corrected chi connectivity index (χ4v) is 4.89. The largest absolute Gasteiger partial charge is 0.490 e. The molecule has 16 heteroatoms. The lowest BCUT2D eigenvalue weighted by molar-refractivity contribution is -0.192.